The Morgan fingerprint density at radius 3 is 2.60 bits per heavy atom. The van der Waals surface area contributed by atoms with Crippen molar-refractivity contribution in [2.75, 3.05) is 6.61 Å². The predicted octanol–water partition coefficient (Wildman–Crippen LogP) is 2.23. The monoisotopic (exact) mass is 427 g/mol. The van der Waals surface area contributed by atoms with Gasteiger partial charge in [0.05, 0.1) is 4.90 Å². The average Bonchev–Trinajstić information content (AvgIpc) is 3.18. The number of carbonyl (C=O) groups is 1. The van der Waals surface area contributed by atoms with Gasteiger partial charge in [-0.2, -0.15) is 0 Å². The number of amides is 1. The summed E-state index contributed by atoms with van der Waals surface area (Å²) < 4.78 is 27.1. The lowest BCUT2D eigenvalue weighted by molar-refractivity contribution is -0.150. The minimum absolute atomic E-state index is 0.0397. The summed E-state index contributed by atoms with van der Waals surface area (Å²) in [4.78, 5) is 21.0. The summed E-state index contributed by atoms with van der Waals surface area (Å²) in [6.45, 7) is 1.34. The molecular formula is C21H21N3O5S. The molecule has 0 aliphatic rings. The van der Waals surface area contributed by atoms with E-state index in [4.69, 9.17) is 4.84 Å². The number of nitrogens with one attached hydrogen (secondary N) is 2. The number of hydroxylamine groups is 2. The third-order valence-corrected chi connectivity index (χ3v) is 6.18. The van der Waals surface area contributed by atoms with E-state index >= 15 is 0 Å². The van der Waals surface area contributed by atoms with Gasteiger partial charge in [0.1, 0.15) is 12.6 Å². The molecule has 2 aromatic carbocycles. The fourth-order valence-electron chi connectivity index (χ4n) is 3.04. The van der Waals surface area contributed by atoms with E-state index in [0.717, 1.165) is 10.9 Å². The van der Waals surface area contributed by atoms with E-state index in [2.05, 4.69) is 16.8 Å². The number of para-hydroxylation sites is 1. The first-order valence-corrected chi connectivity index (χ1v) is 10.5. The average molecular weight is 427 g/mol. The highest BCUT2D eigenvalue weighted by Crippen LogP contribution is 2.24. The molecule has 0 aliphatic carbocycles. The first-order valence-electron chi connectivity index (χ1n) is 9.10. The Hall–Kier alpha value is -3.16. The van der Waals surface area contributed by atoms with Gasteiger partial charge in [-0.1, -0.05) is 46.8 Å². The summed E-state index contributed by atoms with van der Waals surface area (Å²) in [5, 5.41) is 10.1. The molecule has 0 aliphatic heterocycles. The highest BCUT2D eigenvalue weighted by Gasteiger charge is 2.38. The number of aromatic amines is 1. The van der Waals surface area contributed by atoms with Crippen LogP contribution in [-0.2, 0) is 26.1 Å². The number of aromatic nitrogens is 1. The summed E-state index contributed by atoms with van der Waals surface area (Å²) in [7, 11) is -4.23. The molecule has 0 spiro atoms. The molecule has 1 atom stereocenters. The Morgan fingerprint density at radius 2 is 1.90 bits per heavy atom. The number of H-pyrrole nitrogens is 1. The Balaban J connectivity index is 2.05. The van der Waals surface area contributed by atoms with E-state index in [-0.39, 0.29) is 17.9 Å². The Labute approximate surface area is 174 Å². The molecule has 3 aromatic rings. The van der Waals surface area contributed by atoms with Crippen LogP contribution in [0.1, 0.15) is 12.5 Å². The summed E-state index contributed by atoms with van der Waals surface area (Å²) in [6, 6.07) is 13.7. The second-order valence-electron chi connectivity index (χ2n) is 6.33. The van der Waals surface area contributed by atoms with Crippen LogP contribution in [0, 0.1) is 11.8 Å². The van der Waals surface area contributed by atoms with Gasteiger partial charge in [-0.05, 0) is 30.7 Å². The van der Waals surface area contributed by atoms with Gasteiger partial charge >= 0.3 is 0 Å². The van der Waals surface area contributed by atoms with E-state index in [1.807, 2.05) is 24.3 Å². The summed E-state index contributed by atoms with van der Waals surface area (Å²) in [5.41, 5.74) is 3.08. The molecule has 0 saturated carbocycles. The molecular weight excluding hydrogens is 406 g/mol. The van der Waals surface area contributed by atoms with Crippen molar-refractivity contribution in [1.29, 1.82) is 0 Å². The lowest BCUT2D eigenvalue weighted by atomic mass is 10.1. The van der Waals surface area contributed by atoms with Crippen LogP contribution >= 0.6 is 0 Å². The maximum absolute atomic E-state index is 13.3. The molecule has 1 amide bonds. The van der Waals surface area contributed by atoms with E-state index in [0.29, 0.717) is 10.0 Å². The molecule has 3 N–H and O–H groups in total. The Morgan fingerprint density at radius 1 is 1.20 bits per heavy atom. The number of benzene rings is 2. The number of hydrogen-bond acceptors (Lipinski definition) is 5. The number of rotatable bonds is 8. The van der Waals surface area contributed by atoms with E-state index in [9.17, 15) is 18.4 Å². The van der Waals surface area contributed by atoms with Crippen LogP contribution in [0.3, 0.4) is 0 Å². The first-order chi connectivity index (χ1) is 14.5. The normalized spacial score (nSPS) is 12.4. The highest BCUT2D eigenvalue weighted by molar-refractivity contribution is 7.89. The second-order valence-corrected chi connectivity index (χ2v) is 8.11. The lowest BCUT2D eigenvalue weighted by Crippen LogP contribution is -2.50. The van der Waals surface area contributed by atoms with Crippen LogP contribution in [0.25, 0.3) is 10.9 Å². The van der Waals surface area contributed by atoms with Gasteiger partial charge in [0.2, 0.25) is 0 Å². The molecule has 0 bridgehead atoms. The Bertz CT molecular complexity index is 1180. The maximum atomic E-state index is 13.3. The number of sulfonamides is 1. The second kappa shape index (κ2) is 9.56. The summed E-state index contributed by atoms with van der Waals surface area (Å²) in [5.74, 6) is 4.31. The molecule has 9 heteroatoms. The zero-order valence-electron chi connectivity index (χ0n) is 16.2. The van der Waals surface area contributed by atoms with Crippen LogP contribution in [0.4, 0.5) is 0 Å². The van der Waals surface area contributed by atoms with Crippen LogP contribution in [0.15, 0.2) is 65.7 Å². The third-order valence-electron chi connectivity index (χ3n) is 4.47. The number of nitrogens with zero attached hydrogens (tertiary/aromatic N) is 1. The van der Waals surface area contributed by atoms with E-state index < -0.39 is 22.0 Å². The smallest absolute Gasteiger partial charge is 0.265 e. The maximum Gasteiger partial charge on any atom is 0.265 e. The molecule has 8 nitrogen and oxygen atoms in total. The molecule has 0 saturated heterocycles. The summed E-state index contributed by atoms with van der Waals surface area (Å²) >= 11 is 0. The molecule has 30 heavy (non-hydrogen) atoms. The van der Waals surface area contributed by atoms with Gasteiger partial charge in [0.25, 0.3) is 15.9 Å². The predicted molar refractivity (Wildman–Crippen MR) is 111 cm³/mol. The minimum atomic E-state index is -4.23. The Kier molecular flexibility index (Phi) is 6.87. The third kappa shape index (κ3) is 4.53. The zero-order valence-corrected chi connectivity index (χ0v) is 17.0. The van der Waals surface area contributed by atoms with Crippen LogP contribution < -0.4 is 5.48 Å². The van der Waals surface area contributed by atoms with Crippen molar-refractivity contribution in [2.45, 2.75) is 24.3 Å². The van der Waals surface area contributed by atoms with Gasteiger partial charge in [-0.25, -0.2) is 13.9 Å². The highest BCUT2D eigenvalue weighted by atomic mass is 32.2. The number of carbonyl (C=O) groups excluding carboxylic acids is 1. The fourth-order valence-corrected chi connectivity index (χ4v) is 4.44. The fraction of sp³-hybridized carbons (Fsp3) is 0.190. The number of fused-ring (bicyclic) bond motifs is 1. The van der Waals surface area contributed by atoms with Gasteiger partial charge in [-0.3, -0.25) is 14.8 Å². The molecule has 1 unspecified atom stereocenters. The number of hydrogen-bond donors (Lipinski definition) is 3. The van der Waals surface area contributed by atoms with Gasteiger partial charge in [0.15, 0.2) is 0 Å². The van der Waals surface area contributed by atoms with Gasteiger partial charge < -0.3 is 4.98 Å². The topological polar surface area (TPSA) is 112 Å². The molecule has 1 aromatic heterocycles. The van der Waals surface area contributed by atoms with Crippen molar-refractivity contribution in [2.24, 2.45) is 0 Å². The van der Waals surface area contributed by atoms with Crippen molar-refractivity contribution in [1.82, 2.24) is 14.9 Å². The van der Waals surface area contributed by atoms with Gasteiger partial charge in [0, 0.05) is 23.5 Å². The zero-order chi connectivity index (χ0) is 21.6. The van der Waals surface area contributed by atoms with Crippen molar-refractivity contribution in [3.63, 3.8) is 0 Å². The van der Waals surface area contributed by atoms with Crippen molar-refractivity contribution in [3.05, 3.63) is 66.4 Å². The first kappa shape index (κ1) is 21.5. The molecule has 0 radical (unpaired) electrons. The van der Waals surface area contributed by atoms with Crippen molar-refractivity contribution < 1.29 is 23.3 Å². The largest absolute Gasteiger partial charge is 0.361 e. The van der Waals surface area contributed by atoms with E-state index in [1.165, 1.54) is 12.1 Å². The minimum Gasteiger partial charge on any atom is -0.361 e. The van der Waals surface area contributed by atoms with Gasteiger partial charge in [-0.15, -0.1) is 5.92 Å². The summed E-state index contributed by atoms with van der Waals surface area (Å²) in [6.07, 6.45) is 1.66. The standard InChI is InChI=1S/C21H21N3O5S/c1-2-3-13-29-24(30(27,28)17-9-5-4-6-10-17)20(21(25)23-26)14-16-15-22-19-12-8-7-11-18(16)19/h4-12,15,20,22,26H,13-14H2,1H3,(H,23,25). The SMILES string of the molecule is CC#CCON(C(Cc1c[nH]c2ccccc12)C(=O)NO)S(=O)(=O)c1ccccc1. The molecule has 156 valence electrons. The quantitative estimate of drug-likeness (QED) is 0.290. The molecule has 0 fully saturated rings. The lowest BCUT2D eigenvalue weighted by Gasteiger charge is -2.27. The van der Waals surface area contributed by atoms with Crippen molar-refractivity contribution in [3.8, 4) is 11.8 Å². The van der Waals surface area contributed by atoms with Crippen LogP contribution in [-0.4, -0.2) is 41.6 Å². The molecule has 3 rings (SSSR count). The van der Waals surface area contributed by atoms with Crippen molar-refractivity contribution >= 4 is 26.8 Å². The van der Waals surface area contributed by atoms with Crippen LogP contribution in [0.5, 0.6) is 0 Å². The molecule has 1 heterocycles. The van der Waals surface area contributed by atoms with E-state index in [1.54, 1.807) is 36.8 Å². The van der Waals surface area contributed by atoms with Crippen LogP contribution in [0.2, 0.25) is 0 Å².